The lowest BCUT2D eigenvalue weighted by Gasteiger charge is -2.25. The lowest BCUT2D eigenvalue weighted by molar-refractivity contribution is 0.385. The van der Waals surface area contributed by atoms with Crippen molar-refractivity contribution >= 4 is 11.8 Å². The van der Waals surface area contributed by atoms with Gasteiger partial charge in [0.05, 0.1) is 12.3 Å². The van der Waals surface area contributed by atoms with Crippen molar-refractivity contribution < 1.29 is 4.42 Å². The Kier molecular flexibility index (Phi) is 3.75. The molecule has 1 aromatic rings. The molecule has 2 atom stereocenters. The van der Waals surface area contributed by atoms with Crippen molar-refractivity contribution in [3.8, 4) is 6.07 Å². The van der Waals surface area contributed by atoms with Crippen LogP contribution in [-0.2, 0) is 0 Å². The largest absolute Gasteiger partial charge is 0.440 e. The van der Waals surface area contributed by atoms with Crippen molar-refractivity contribution in [1.82, 2.24) is 10.3 Å². The van der Waals surface area contributed by atoms with E-state index in [0.29, 0.717) is 16.5 Å². The Balaban J connectivity index is 1.96. The van der Waals surface area contributed by atoms with Gasteiger partial charge in [0, 0.05) is 11.3 Å². The summed E-state index contributed by atoms with van der Waals surface area (Å²) in [5.74, 6) is 0. The van der Waals surface area contributed by atoms with Crippen LogP contribution < -0.4 is 5.32 Å². The molecule has 17 heavy (non-hydrogen) atoms. The third-order valence-corrected chi connectivity index (χ3v) is 4.06. The van der Waals surface area contributed by atoms with E-state index < -0.39 is 0 Å². The molecule has 0 aliphatic heterocycles. The molecule has 1 N–H and O–H groups in total. The van der Waals surface area contributed by atoms with Crippen LogP contribution in [0.2, 0.25) is 0 Å². The predicted molar refractivity (Wildman–Crippen MR) is 66.6 cm³/mol. The van der Waals surface area contributed by atoms with Crippen molar-refractivity contribution in [2.75, 3.05) is 0 Å². The Labute approximate surface area is 106 Å². The van der Waals surface area contributed by atoms with Crippen LogP contribution in [0, 0.1) is 11.3 Å². The van der Waals surface area contributed by atoms with Gasteiger partial charge in [-0.2, -0.15) is 5.26 Å². The average molecular weight is 251 g/mol. The summed E-state index contributed by atoms with van der Waals surface area (Å²) in [6.45, 7) is 4.15. The van der Waals surface area contributed by atoms with Crippen LogP contribution >= 0.6 is 11.8 Å². The molecular weight excluding hydrogens is 234 g/mol. The molecule has 0 radical (unpaired) electrons. The predicted octanol–water partition coefficient (Wildman–Crippen LogP) is 2.58. The molecule has 4 nitrogen and oxygen atoms in total. The van der Waals surface area contributed by atoms with E-state index in [0.717, 1.165) is 19.3 Å². The molecule has 5 heteroatoms. The summed E-state index contributed by atoms with van der Waals surface area (Å²) in [6.07, 6.45) is 6.03. The van der Waals surface area contributed by atoms with Gasteiger partial charge in [0.1, 0.15) is 11.8 Å². The van der Waals surface area contributed by atoms with Gasteiger partial charge in [-0.05, 0) is 33.1 Å². The molecule has 1 saturated carbocycles. The fourth-order valence-electron chi connectivity index (χ4n) is 2.33. The highest BCUT2D eigenvalue weighted by Gasteiger charge is 2.40. The molecule has 2 unspecified atom stereocenters. The first-order chi connectivity index (χ1) is 8.13. The lowest BCUT2D eigenvalue weighted by atomic mass is 9.99. The normalized spacial score (nSPS) is 28.5. The lowest BCUT2D eigenvalue weighted by Crippen LogP contribution is -2.45. The SMILES string of the molecule is CC(C)NC1(C#N)CCC(Sc2ncco2)C1. The van der Waals surface area contributed by atoms with Gasteiger partial charge in [0.25, 0.3) is 5.22 Å². The maximum absolute atomic E-state index is 9.35. The maximum Gasteiger partial charge on any atom is 0.255 e. The molecule has 2 rings (SSSR count). The highest BCUT2D eigenvalue weighted by atomic mass is 32.2. The molecule has 1 heterocycles. The molecule has 1 fully saturated rings. The third kappa shape index (κ3) is 3.02. The van der Waals surface area contributed by atoms with Crippen LogP contribution in [0.4, 0.5) is 0 Å². The molecule has 0 saturated heterocycles. The van der Waals surface area contributed by atoms with Crippen LogP contribution in [0.3, 0.4) is 0 Å². The minimum absolute atomic E-state index is 0.333. The van der Waals surface area contributed by atoms with E-state index in [4.69, 9.17) is 4.42 Å². The van der Waals surface area contributed by atoms with Crippen LogP contribution in [0.1, 0.15) is 33.1 Å². The third-order valence-electron chi connectivity index (χ3n) is 2.93. The molecular formula is C12H17N3OS. The van der Waals surface area contributed by atoms with Gasteiger partial charge >= 0.3 is 0 Å². The second-order valence-electron chi connectivity index (χ2n) is 4.77. The summed E-state index contributed by atoms with van der Waals surface area (Å²) < 4.78 is 5.23. The summed E-state index contributed by atoms with van der Waals surface area (Å²) in [5, 5.41) is 13.9. The highest BCUT2D eigenvalue weighted by Crippen LogP contribution is 2.39. The molecule has 0 spiro atoms. The zero-order valence-corrected chi connectivity index (χ0v) is 11.0. The molecule has 1 aliphatic rings. The molecule has 1 aromatic heterocycles. The van der Waals surface area contributed by atoms with Crippen LogP contribution in [-0.4, -0.2) is 21.8 Å². The fraction of sp³-hybridized carbons (Fsp3) is 0.667. The summed E-state index contributed by atoms with van der Waals surface area (Å²) in [5.41, 5.74) is -0.363. The number of nitrogens with one attached hydrogen (secondary N) is 1. The van der Waals surface area contributed by atoms with Gasteiger partial charge in [-0.3, -0.25) is 5.32 Å². The average Bonchev–Trinajstić information content (AvgIpc) is 2.89. The zero-order valence-electron chi connectivity index (χ0n) is 10.1. The monoisotopic (exact) mass is 251 g/mol. The topological polar surface area (TPSA) is 61.9 Å². The Bertz CT molecular complexity index is 398. The second-order valence-corrected chi connectivity index (χ2v) is 6.03. The second kappa shape index (κ2) is 5.11. The first-order valence-electron chi connectivity index (χ1n) is 5.89. The number of aromatic nitrogens is 1. The first kappa shape index (κ1) is 12.5. The van der Waals surface area contributed by atoms with Crippen LogP contribution in [0.5, 0.6) is 0 Å². The molecule has 0 aromatic carbocycles. The van der Waals surface area contributed by atoms with E-state index in [1.54, 1.807) is 24.2 Å². The fourth-order valence-corrected chi connectivity index (χ4v) is 3.45. The minimum Gasteiger partial charge on any atom is -0.440 e. The smallest absolute Gasteiger partial charge is 0.255 e. The van der Waals surface area contributed by atoms with Crippen LogP contribution in [0.15, 0.2) is 22.1 Å². The number of thioether (sulfide) groups is 1. The van der Waals surface area contributed by atoms with Gasteiger partial charge in [-0.15, -0.1) is 0 Å². The van der Waals surface area contributed by atoms with E-state index in [1.807, 2.05) is 0 Å². The van der Waals surface area contributed by atoms with Crippen molar-refractivity contribution in [2.24, 2.45) is 0 Å². The molecule has 1 aliphatic carbocycles. The van der Waals surface area contributed by atoms with E-state index >= 15 is 0 Å². The number of hydrogen-bond acceptors (Lipinski definition) is 5. The molecule has 0 bridgehead atoms. The van der Waals surface area contributed by atoms with Gasteiger partial charge in [0.15, 0.2) is 0 Å². The van der Waals surface area contributed by atoms with E-state index in [1.165, 1.54) is 0 Å². The quantitative estimate of drug-likeness (QED) is 0.891. The van der Waals surface area contributed by atoms with E-state index in [9.17, 15) is 5.26 Å². The van der Waals surface area contributed by atoms with E-state index in [-0.39, 0.29) is 5.54 Å². The van der Waals surface area contributed by atoms with Gasteiger partial charge < -0.3 is 4.42 Å². The highest BCUT2D eigenvalue weighted by molar-refractivity contribution is 7.99. The number of nitrogens with zero attached hydrogens (tertiary/aromatic N) is 2. The Hall–Kier alpha value is -0.990. The molecule has 92 valence electrons. The summed E-state index contributed by atoms with van der Waals surface area (Å²) in [6, 6.07) is 2.78. The summed E-state index contributed by atoms with van der Waals surface area (Å²) in [7, 11) is 0. The van der Waals surface area contributed by atoms with Gasteiger partial charge in [0.2, 0.25) is 0 Å². The van der Waals surface area contributed by atoms with Crippen molar-refractivity contribution in [3.63, 3.8) is 0 Å². The molecule has 0 amide bonds. The van der Waals surface area contributed by atoms with Crippen LogP contribution in [0.25, 0.3) is 0 Å². The Morgan fingerprint density at radius 2 is 2.53 bits per heavy atom. The number of oxazole rings is 1. The number of nitriles is 1. The first-order valence-corrected chi connectivity index (χ1v) is 6.77. The minimum atomic E-state index is -0.363. The number of rotatable bonds is 4. The maximum atomic E-state index is 9.35. The van der Waals surface area contributed by atoms with Crippen molar-refractivity contribution in [1.29, 1.82) is 5.26 Å². The van der Waals surface area contributed by atoms with E-state index in [2.05, 4.69) is 30.2 Å². The van der Waals surface area contributed by atoms with Crippen molar-refractivity contribution in [3.05, 3.63) is 12.5 Å². The zero-order chi connectivity index (χ0) is 12.3. The Morgan fingerprint density at radius 3 is 3.12 bits per heavy atom. The number of hydrogen-bond donors (Lipinski definition) is 1. The van der Waals surface area contributed by atoms with Gasteiger partial charge in [-0.25, -0.2) is 4.98 Å². The van der Waals surface area contributed by atoms with Crippen molar-refractivity contribution in [2.45, 2.75) is 55.2 Å². The summed E-state index contributed by atoms with van der Waals surface area (Å²) >= 11 is 1.63. The standard InChI is InChI=1S/C12H17N3OS/c1-9(2)15-12(8-13)4-3-10(7-12)17-11-14-5-6-16-11/h5-6,9-10,15H,3-4,7H2,1-2H3. The summed E-state index contributed by atoms with van der Waals surface area (Å²) in [4.78, 5) is 4.11. The Morgan fingerprint density at radius 1 is 1.71 bits per heavy atom. The van der Waals surface area contributed by atoms with Gasteiger partial charge in [-0.1, -0.05) is 11.8 Å².